The fourth-order valence-corrected chi connectivity index (χ4v) is 3.34. The summed E-state index contributed by atoms with van der Waals surface area (Å²) in [6.45, 7) is 5.01. The maximum Gasteiger partial charge on any atom is 0.226 e. The molecule has 0 saturated heterocycles. The van der Waals surface area contributed by atoms with E-state index in [9.17, 15) is 4.79 Å². The lowest BCUT2D eigenvalue weighted by atomic mass is 10.0. The summed E-state index contributed by atoms with van der Waals surface area (Å²) in [6, 6.07) is 15.1. The van der Waals surface area contributed by atoms with Crippen molar-refractivity contribution >= 4 is 16.7 Å². The van der Waals surface area contributed by atoms with Crippen molar-refractivity contribution in [2.45, 2.75) is 38.6 Å². The summed E-state index contributed by atoms with van der Waals surface area (Å²) in [6.07, 6.45) is 1.84. The van der Waals surface area contributed by atoms with Gasteiger partial charge in [-0.15, -0.1) is 0 Å². The zero-order chi connectivity index (χ0) is 17.3. The minimum absolute atomic E-state index is 0.145. The van der Waals surface area contributed by atoms with Crippen molar-refractivity contribution in [3.63, 3.8) is 0 Å². The van der Waals surface area contributed by atoms with Gasteiger partial charge in [-0.3, -0.25) is 4.79 Å². The first-order valence-electron chi connectivity index (χ1n) is 8.96. The molecular weight excluding hydrogens is 296 g/mol. The second kappa shape index (κ2) is 6.94. The molecule has 0 radical (unpaired) electrons. The molecule has 3 unspecified atom stereocenters. The highest BCUT2D eigenvalue weighted by Gasteiger charge is 2.45. The topological polar surface area (TPSA) is 46.3 Å². The van der Waals surface area contributed by atoms with E-state index in [-0.39, 0.29) is 17.9 Å². The second-order valence-electron chi connectivity index (χ2n) is 7.51. The normalized spacial score (nSPS) is 21.0. The molecule has 2 aromatic rings. The standard InChI is InChI=1S/C21H28N2O/c1-14(2)20(22)10-11-23(3)21(24)19-13-18(19)17-9-8-15-6-4-5-7-16(15)12-17/h4-9,12,14,18-20H,10-11,13,22H2,1-3H3. The van der Waals surface area contributed by atoms with Crippen molar-refractivity contribution in [1.82, 2.24) is 4.90 Å². The quantitative estimate of drug-likeness (QED) is 0.879. The molecule has 2 N–H and O–H groups in total. The predicted molar refractivity (Wildman–Crippen MR) is 99.9 cm³/mol. The van der Waals surface area contributed by atoms with Gasteiger partial charge in [-0.05, 0) is 41.0 Å². The summed E-state index contributed by atoms with van der Waals surface area (Å²) in [4.78, 5) is 14.5. The first kappa shape index (κ1) is 17.0. The number of rotatable bonds is 6. The van der Waals surface area contributed by atoms with Gasteiger partial charge in [-0.2, -0.15) is 0 Å². The largest absolute Gasteiger partial charge is 0.345 e. The smallest absolute Gasteiger partial charge is 0.226 e. The Labute approximate surface area is 144 Å². The number of fused-ring (bicyclic) bond motifs is 1. The van der Waals surface area contributed by atoms with Gasteiger partial charge in [0, 0.05) is 25.6 Å². The molecule has 0 aromatic heterocycles. The Kier molecular flexibility index (Phi) is 4.91. The maximum atomic E-state index is 12.6. The van der Waals surface area contributed by atoms with Gasteiger partial charge in [0.2, 0.25) is 5.91 Å². The van der Waals surface area contributed by atoms with Gasteiger partial charge in [0.1, 0.15) is 0 Å². The molecular formula is C21H28N2O. The van der Waals surface area contributed by atoms with Gasteiger partial charge in [-0.1, -0.05) is 56.3 Å². The SMILES string of the molecule is CC(C)C(N)CCN(C)C(=O)C1CC1c1ccc2ccccc2c1. The van der Waals surface area contributed by atoms with Gasteiger partial charge in [0.05, 0.1) is 0 Å². The lowest BCUT2D eigenvalue weighted by molar-refractivity contribution is -0.131. The van der Waals surface area contributed by atoms with Gasteiger partial charge in [0.15, 0.2) is 0 Å². The molecule has 3 atom stereocenters. The molecule has 1 aliphatic carbocycles. The Balaban J connectivity index is 1.60. The van der Waals surface area contributed by atoms with Crippen LogP contribution in [-0.4, -0.2) is 30.4 Å². The lowest BCUT2D eigenvalue weighted by Crippen LogP contribution is -2.35. The summed E-state index contributed by atoms with van der Waals surface area (Å²) in [5.74, 6) is 1.25. The number of carbonyl (C=O) groups is 1. The van der Waals surface area contributed by atoms with Crippen LogP contribution in [0.5, 0.6) is 0 Å². The Bertz CT molecular complexity index is 725. The van der Waals surface area contributed by atoms with Gasteiger partial charge < -0.3 is 10.6 Å². The maximum absolute atomic E-state index is 12.6. The van der Waals surface area contributed by atoms with E-state index in [4.69, 9.17) is 5.73 Å². The molecule has 3 nitrogen and oxygen atoms in total. The highest BCUT2D eigenvalue weighted by Crippen LogP contribution is 2.48. The van der Waals surface area contributed by atoms with Crippen LogP contribution in [-0.2, 0) is 4.79 Å². The highest BCUT2D eigenvalue weighted by molar-refractivity contribution is 5.85. The minimum Gasteiger partial charge on any atom is -0.345 e. The van der Waals surface area contributed by atoms with E-state index in [2.05, 4.69) is 56.3 Å². The summed E-state index contributed by atoms with van der Waals surface area (Å²) in [5.41, 5.74) is 7.38. The van der Waals surface area contributed by atoms with Crippen molar-refractivity contribution in [1.29, 1.82) is 0 Å². The molecule has 0 bridgehead atoms. The summed E-state index contributed by atoms with van der Waals surface area (Å²) in [5, 5.41) is 2.51. The fraction of sp³-hybridized carbons (Fsp3) is 0.476. The molecule has 1 aliphatic rings. The molecule has 1 amide bonds. The molecule has 3 rings (SSSR count). The average Bonchev–Trinajstić information content (AvgIpc) is 3.38. The minimum atomic E-state index is 0.145. The van der Waals surface area contributed by atoms with E-state index in [1.165, 1.54) is 16.3 Å². The number of amides is 1. The Morgan fingerprint density at radius 1 is 1.21 bits per heavy atom. The van der Waals surface area contributed by atoms with Crippen molar-refractivity contribution in [2.75, 3.05) is 13.6 Å². The Hall–Kier alpha value is -1.87. The molecule has 0 spiro atoms. The van der Waals surface area contributed by atoms with E-state index in [1.807, 2.05) is 11.9 Å². The monoisotopic (exact) mass is 324 g/mol. The molecule has 0 aliphatic heterocycles. The van der Waals surface area contributed by atoms with Crippen LogP contribution in [0.2, 0.25) is 0 Å². The highest BCUT2D eigenvalue weighted by atomic mass is 16.2. The van der Waals surface area contributed by atoms with Crippen LogP contribution in [0, 0.1) is 11.8 Å². The summed E-state index contributed by atoms with van der Waals surface area (Å²) in [7, 11) is 1.91. The molecule has 3 heteroatoms. The van der Waals surface area contributed by atoms with Crippen molar-refractivity contribution < 1.29 is 4.79 Å². The average molecular weight is 324 g/mol. The lowest BCUT2D eigenvalue weighted by Gasteiger charge is -2.21. The van der Waals surface area contributed by atoms with Crippen LogP contribution < -0.4 is 5.73 Å². The van der Waals surface area contributed by atoms with Crippen molar-refractivity contribution in [3.8, 4) is 0 Å². The third-order valence-corrected chi connectivity index (χ3v) is 5.34. The van der Waals surface area contributed by atoms with Crippen LogP contribution in [0.1, 0.15) is 38.2 Å². The van der Waals surface area contributed by atoms with E-state index in [0.29, 0.717) is 11.8 Å². The second-order valence-corrected chi connectivity index (χ2v) is 7.51. The van der Waals surface area contributed by atoms with Crippen LogP contribution in [0.25, 0.3) is 10.8 Å². The molecule has 2 aromatic carbocycles. The Morgan fingerprint density at radius 3 is 2.62 bits per heavy atom. The predicted octanol–water partition coefficient (Wildman–Crippen LogP) is 3.78. The third kappa shape index (κ3) is 3.62. The van der Waals surface area contributed by atoms with Crippen LogP contribution in [0.15, 0.2) is 42.5 Å². The first-order valence-corrected chi connectivity index (χ1v) is 8.96. The van der Waals surface area contributed by atoms with E-state index in [1.54, 1.807) is 0 Å². The number of benzene rings is 2. The molecule has 0 heterocycles. The third-order valence-electron chi connectivity index (χ3n) is 5.34. The fourth-order valence-electron chi connectivity index (χ4n) is 3.34. The van der Waals surface area contributed by atoms with Crippen molar-refractivity contribution in [2.24, 2.45) is 17.6 Å². The summed E-state index contributed by atoms with van der Waals surface area (Å²) < 4.78 is 0. The molecule has 1 fully saturated rings. The molecule has 128 valence electrons. The van der Waals surface area contributed by atoms with E-state index in [0.717, 1.165) is 19.4 Å². The summed E-state index contributed by atoms with van der Waals surface area (Å²) >= 11 is 0. The number of carbonyl (C=O) groups excluding carboxylic acids is 1. The van der Waals surface area contributed by atoms with Crippen LogP contribution in [0.4, 0.5) is 0 Å². The van der Waals surface area contributed by atoms with Gasteiger partial charge in [-0.25, -0.2) is 0 Å². The first-order chi connectivity index (χ1) is 11.5. The van der Waals surface area contributed by atoms with Gasteiger partial charge in [0.25, 0.3) is 0 Å². The van der Waals surface area contributed by atoms with Crippen LogP contribution in [0.3, 0.4) is 0 Å². The zero-order valence-electron chi connectivity index (χ0n) is 14.9. The van der Waals surface area contributed by atoms with Crippen LogP contribution >= 0.6 is 0 Å². The molecule has 24 heavy (non-hydrogen) atoms. The number of hydrogen-bond acceptors (Lipinski definition) is 2. The number of nitrogens with two attached hydrogens (primary N) is 1. The zero-order valence-corrected chi connectivity index (χ0v) is 14.9. The van der Waals surface area contributed by atoms with Crippen molar-refractivity contribution in [3.05, 3.63) is 48.0 Å². The number of hydrogen-bond donors (Lipinski definition) is 1. The van der Waals surface area contributed by atoms with E-state index >= 15 is 0 Å². The number of nitrogens with zero attached hydrogens (tertiary/aromatic N) is 1. The molecule has 1 saturated carbocycles. The van der Waals surface area contributed by atoms with E-state index < -0.39 is 0 Å². The Morgan fingerprint density at radius 2 is 1.92 bits per heavy atom. The van der Waals surface area contributed by atoms with Gasteiger partial charge >= 0.3 is 0 Å².